The molecule has 3 heteroatoms. The van der Waals surface area contributed by atoms with Crippen LogP contribution in [-0.2, 0) is 4.74 Å². The van der Waals surface area contributed by atoms with Crippen LogP contribution < -0.4 is 5.30 Å². The smallest absolute Gasteiger partial charge is 0.0468 e. The molecule has 1 unspecified atom stereocenters. The standard InChI is InChI=1S/C12H16IOP/c13-15(12-4-2-1-3-5-12)10-11-6-8-14-9-7-11/h1-5,11H,6-10H2. The molecule has 1 aromatic rings. The van der Waals surface area contributed by atoms with E-state index in [1.54, 1.807) is 0 Å². The zero-order chi connectivity index (χ0) is 10.5. The Bertz CT molecular complexity index is 285. The molecule has 1 aromatic carbocycles. The van der Waals surface area contributed by atoms with Crippen molar-refractivity contribution in [2.24, 2.45) is 5.92 Å². The second-order valence-electron chi connectivity index (χ2n) is 3.94. The van der Waals surface area contributed by atoms with E-state index in [1.807, 2.05) is 0 Å². The number of ether oxygens (including phenoxy) is 1. The second kappa shape index (κ2) is 6.17. The Morgan fingerprint density at radius 2 is 1.87 bits per heavy atom. The van der Waals surface area contributed by atoms with Gasteiger partial charge in [-0.15, -0.1) is 0 Å². The molecule has 0 amide bonds. The SMILES string of the molecule is IP(CC1CCOCC1)c1ccccc1. The van der Waals surface area contributed by atoms with E-state index in [4.69, 9.17) is 4.74 Å². The zero-order valence-corrected chi connectivity index (χ0v) is 11.8. The fraction of sp³-hybridized carbons (Fsp3) is 0.500. The van der Waals surface area contributed by atoms with Crippen molar-refractivity contribution < 1.29 is 4.74 Å². The first-order chi connectivity index (χ1) is 7.36. The third-order valence-electron chi connectivity index (χ3n) is 2.80. The van der Waals surface area contributed by atoms with Crippen molar-refractivity contribution in [3.63, 3.8) is 0 Å². The van der Waals surface area contributed by atoms with Gasteiger partial charge in [0, 0.05) is 13.2 Å². The van der Waals surface area contributed by atoms with Crippen LogP contribution >= 0.6 is 27.6 Å². The summed E-state index contributed by atoms with van der Waals surface area (Å²) in [5, 5.41) is 1.53. The molecule has 82 valence electrons. The topological polar surface area (TPSA) is 9.23 Å². The monoisotopic (exact) mass is 334 g/mol. The Morgan fingerprint density at radius 3 is 2.53 bits per heavy atom. The van der Waals surface area contributed by atoms with E-state index in [0.717, 1.165) is 19.1 Å². The third-order valence-corrected chi connectivity index (χ3v) is 7.34. The van der Waals surface area contributed by atoms with Crippen LogP contribution in [0.1, 0.15) is 12.8 Å². The Morgan fingerprint density at radius 1 is 1.20 bits per heavy atom. The third kappa shape index (κ3) is 3.69. The maximum Gasteiger partial charge on any atom is 0.0468 e. The summed E-state index contributed by atoms with van der Waals surface area (Å²) in [6.07, 6.45) is 3.88. The summed E-state index contributed by atoms with van der Waals surface area (Å²) >= 11 is 2.63. The molecule has 1 aliphatic heterocycles. The minimum absolute atomic E-state index is 0.0159. The molecule has 1 saturated heterocycles. The summed E-state index contributed by atoms with van der Waals surface area (Å²) in [7, 11) is 0. The molecule has 0 aromatic heterocycles. The fourth-order valence-corrected chi connectivity index (χ4v) is 6.01. The van der Waals surface area contributed by atoms with Crippen LogP contribution in [0.3, 0.4) is 0 Å². The average molecular weight is 334 g/mol. The molecule has 0 aliphatic carbocycles. The number of hydrogen-bond donors (Lipinski definition) is 0. The van der Waals surface area contributed by atoms with Gasteiger partial charge in [-0.25, -0.2) is 0 Å². The van der Waals surface area contributed by atoms with E-state index in [9.17, 15) is 0 Å². The summed E-state index contributed by atoms with van der Waals surface area (Å²) in [6.45, 7) is 1.94. The number of rotatable bonds is 3. The van der Waals surface area contributed by atoms with Gasteiger partial charge >= 0.3 is 0 Å². The summed E-state index contributed by atoms with van der Waals surface area (Å²) in [5.74, 6) is 0.891. The molecule has 1 fully saturated rings. The first-order valence-corrected chi connectivity index (χ1v) is 9.73. The molecule has 0 spiro atoms. The highest BCUT2D eigenvalue weighted by atomic mass is 127. The van der Waals surface area contributed by atoms with Gasteiger partial charge in [0.1, 0.15) is 0 Å². The predicted molar refractivity (Wildman–Crippen MR) is 75.4 cm³/mol. The van der Waals surface area contributed by atoms with Gasteiger partial charge in [-0.05, 0) is 57.8 Å². The van der Waals surface area contributed by atoms with E-state index in [-0.39, 0.29) is 5.56 Å². The lowest BCUT2D eigenvalue weighted by molar-refractivity contribution is 0.0726. The van der Waals surface area contributed by atoms with E-state index in [2.05, 4.69) is 52.4 Å². The van der Waals surface area contributed by atoms with Crippen LogP contribution in [0.25, 0.3) is 0 Å². The zero-order valence-electron chi connectivity index (χ0n) is 8.73. The van der Waals surface area contributed by atoms with E-state index < -0.39 is 0 Å². The fourth-order valence-electron chi connectivity index (χ4n) is 1.85. The Hall–Kier alpha value is 0.340. The van der Waals surface area contributed by atoms with Gasteiger partial charge in [-0.2, -0.15) is 0 Å². The molecular weight excluding hydrogens is 318 g/mol. The summed E-state index contributed by atoms with van der Waals surface area (Å²) in [4.78, 5) is 0. The Labute approximate surface area is 106 Å². The van der Waals surface area contributed by atoms with Crippen LogP contribution in [0.2, 0.25) is 0 Å². The van der Waals surface area contributed by atoms with E-state index >= 15 is 0 Å². The van der Waals surface area contributed by atoms with Crippen LogP contribution in [-0.4, -0.2) is 19.4 Å². The molecule has 1 atom stereocenters. The lowest BCUT2D eigenvalue weighted by Crippen LogP contribution is -2.18. The van der Waals surface area contributed by atoms with Crippen LogP contribution in [0.4, 0.5) is 0 Å². The van der Waals surface area contributed by atoms with Gasteiger partial charge in [0.25, 0.3) is 0 Å². The molecule has 1 aliphatic rings. The van der Waals surface area contributed by atoms with Gasteiger partial charge < -0.3 is 4.74 Å². The first-order valence-electron chi connectivity index (χ1n) is 5.42. The van der Waals surface area contributed by atoms with E-state index in [1.165, 1.54) is 24.3 Å². The van der Waals surface area contributed by atoms with Crippen molar-refractivity contribution in [1.82, 2.24) is 0 Å². The van der Waals surface area contributed by atoms with Gasteiger partial charge in [-0.1, -0.05) is 30.3 Å². The lowest BCUT2D eigenvalue weighted by Gasteiger charge is -2.24. The highest BCUT2D eigenvalue weighted by molar-refractivity contribution is 14.2. The average Bonchev–Trinajstić information content (AvgIpc) is 2.31. The predicted octanol–water partition coefficient (Wildman–Crippen LogP) is 3.57. The molecular formula is C12H16IOP. The first kappa shape index (κ1) is 11.8. The highest BCUT2D eigenvalue weighted by Gasteiger charge is 2.18. The van der Waals surface area contributed by atoms with E-state index in [0.29, 0.717) is 0 Å². The molecule has 1 heterocycles. The molecule has 0 N–H and O–H groups in total. The number of hydrogen-bond acceptors (Lipinski definition) is 1. The van der Waals surface area contributed by atoms with Crippen molar-refractivity contribution in [2.75, 3.05) is 19.4 Å². The summed E-state index contributed by atoms with van der Waals surface area (Å²) in [6, 6.07) is 10.9. The van der Waals surface area contributed by atoms with Crippen molar-refractivity contribution >= 4 is 32.9 Å². The van der Waals surface area contributed by atoms with Crippen molar-refractivity contribution in [2.45, 2.75) is 12.8 Å². The molecule has 0 bridgehead atoms. The summed E-state index contributed by atoms with van der Waals surface area (Å²) < 4.78 is 5.39. The molecule has 0 radical (unpaired) electrons. The normalized spacial score (nSPS) is 20.1. The largest absolute Gasteiger partial charge is 0.381 e. The minimum Gasteiger partial charge on any atom is -0.381 e. The van der Waals surface area contributed by atoms with Gasteiger partial charge in [0.15, 0.2) is 0 Å². The Kier molecular flexibility index (Phi) is 4.86. The number of halogens is 1. The maximum absolute atomic E-state index is 5.39. The van der Waals surface area contributed by atoms with Crippen LogP contribution in [0.5, 0.6) is 0 Å². The second-order valence-corrected chi connectivity index (χ2v) is 9.04. The summed E-state index contributed by atoms with van der Waals surface area (Å²) in [5.41, 5.74) is 0.0159. The Balaban J connectivity index is 1.88. The van der Waals surface area contributed by atoms with Crippen molar-refractivity contribution in [3.05, 3.63) is 30.3 Å². The molecule has 15 heavy (non-hydrogen) atoms. The van der Waals surface area contributed by atoms with Gasteiger partial charge in [0.05, 0.1) is 0 Å². The number of benzene rings is 1. The van der Waals surface area contributed by atoms with Crippen LogP contribution in [0.15, 0.2) is 30.3 Å². The minimum atomic E-state index is 0.0159. The van der Waals surface area contributed by atoms with Crippen LogP contribution in [0, 0.1) is 5.92 Å². The van der Waals surface area contributed by atoms with Crippen molar-refractivity contribution in [3.8, 4) is 0 Å². The van der Waals surface area contributed by atoms with Gasteiger partial charge in [-0.3, -0.25) is 0 Å². The van der Waals surface area contributed by atoms with Gasteiger partial charge in [0.2, 0.25) is 0 Å². The maximum atomic E-state index is 5.39. The molecule has 0 saturated carbocycles. The molecule has 1 nitrogen and oxygen atoms in total. The quantitative estimate of drug-likeness (QED) is 0.607. The van der Waals surface area contributed by atoms with Crippen molar-refractivity contribution in [1.29, 1.82) is 0 Å². The molecule has 2 rings (SSSR count). The highest BCUT2D eigenvalue weighted by Crippen LogP contribution is 2.46. The lowest BCUT2D eigenvalue weighted by atomic mass is 10.0.